The highest BCUT2D eigenvalue weighted by molar-refractivity contribution is 7.91. The fourth-order valence-corrected chi connectivity index (χ4v) is 7.08. The minimum atomic E-state index is -3.21. The molecule has 0 aliphatic carbocycles. The Labute approximate surface area is 111 Å². The Morgan fingerprint density at radius 3 is 2.95 bits per heavy atom. The summed E-state index contributed by atoms with van der Waals surface area (Å²) in [7, 11) is -1.66. The van der Waals surface area contributed by atoms with E-state index in [0.29, 0.717) is 6.42 Å². The van der Waals surface area contributed by atoms with Gasteiger partial charge in [-0.15, -0.1) is 0 Å². The van der Waals surface area contributed by atoms with Gasteiger partial charge >= 0.3 is 0 Å². The highest BCUT2D eigenvalue weighted by atomic mass is 32.2. The monoisotopic (exact) mass is 290 g/mol. The minimum absolute atomic E-state index is 0.00382. The van der Waals surface area contributed by atoms with Gasteiger partial charge < -0.3 is 19.3 Å². The molecule has 4 aliphatic heterocycles. The standard InChI is InChI=1S/C12H18O6S/c1-16-10-9-7-2-3-11(18-7)6-19(14,15)4-8(17-10)12(9,11)5-13/h7-10,13H,2-6H2,1H3/t7-,8+,9+,10-,11-,12-/m0/s1. The smallest absolute Gasteiger partial charge is 0.163 e. The summed E-state index contributed by atoms with van der Waals surface area (Å²) in [4.78, 5) is 0. The second-order valence-electron chi connectivity index (χ2n) is 6.20. The van der Waals surface area contributed by atoms with Crippen LogP contribution in [0.25, 0.3) is 0 Å². The second-order valence-corrected chi connectivity index (χ2v) is 8.31. The first-order valence-electron chi connectivity index (χ1n) is 6.65. The Morgan fingerprint density at radius 2 is 2.26 bits per heavy atom. The Bertz CT molecular complexity index is 516. The summed E-state index contributed by atoms with van der Waals surface area (Å²) in [5, 5.41) is 10.0. The number of methoxy groups -OCH3 is 1. The molecule has 1 N–H and O–H groups in total. The summed E-state index contributed by atoms with van der Waals surface area (Å²) < 4.78 is 41.5. The molecular weight excluding hydrogens is 272 g/mol. The van der Waals surface area contributed by atoms with E-state index < -0.39 is 33.2 Å². The molecule has 4 aliphatic rings. The summed E-state index contributed by atoms with van der Waals surface area (Å²) in [5.41, 5.74) is -1.38. The van der Waals surface area contributed by atoms with Crippen molar-refractivity contribution in [3.63, 3.8) is 0 Å². The van der Waals surface area contributed by atoms with Gasteiger partial charge in [-0.3, -0.25) is 0 Å². The molecule has 7 heteroatoms. The van der Waals surface area contributed by atoms with Crippen molar-refractivity contribution in [1.82, 2.24) is 0 Å². The maximum atomic E-state index is 12.1. The molecule has 6 atom stereocenters. The van der Waals surface area contributed by atoms with E-state index in [4.69, 9.17) is 14.2 Å². The zero-order valence-electron chi connectivity index (χ0n) is 10.7. The van der Waals surface area contributed by atoms with Crippen molar-refractivity contribution < 1.29 is 27.7 Å². The van der Waals surface area contributed by atoms with Crippen molar-refractivity contribution in [3.8, 4) is 0 Å². The number of ether oxygens (including phenoxy) is 3. The van der Waals surface area contributed by atoms with Gasteiger partial charge in [0.15, 0.2) is 16.1 Å². The molecular formula is C12H18O6S. The lowest BCUT2D eigenvalue weighted by molar-refractivity contribution is -0.159. The Morgan fingerprint density at radius 1 is 1.47 bits per heavy atom. The van der Waals surface area contributed by atoms with Crippen LogP contribution in [0, 0.1) is 11.3 Å². The maximum absolute atomic E-state index is 12.1. The first kappa shape index (κ1) is 12.5. The number of aliphatic hydroxyl groups excluding tert-OH is 1. The molecule has 0 aromatic rings. The molecule has 4 saturated heterocycles. The van der Waals surface area contributed by atoms with Gasteiger partial charge in [-0.1, -0.05) is 0 Å². The molecule has 0 amide bonds. The summed E-state index contributed by atoms with van der Waals surface area (Å²) >= 11 is 0. The summed E-state index contributed by atoms with van der Waals surface area (Å²) in [6, 6.07) is 0. The third-order valence-electron chi connectivity index (χ3n) is 5.57. The van der Waals surface area contributed by atoms with E-state index in [9.17, 15) is 13.5 Å². The molecule has 4 heterocycles. The lowest BCUT2D eigenvalue weighted by atomic mass is 9.59. The molecule has 0 aromatic carbocycles. The molecule has 2 bridgehead atoms. The van der Waals surface area contributed by atoms with Crippen LogP contribution in [0.15, 0.2) is 0 Å². The lowest BCUT2D eigenvalue weighted by Crippen LogP contribution is -2.64. The Balaban J connectivity index is 1.90. The molecule has 19 heavy (non-hydrogen) atoms. The van der Waals surface area contributed by atoms with Gasteiger partial charge in [-0.25, -0.2) is 8.42 Å². The van der Waals surface area contributed by atoms with Crippen LogP contribution in [-0.2, 0) is 24.0 Å². The summed E-state index contributed by atoms with van der Waals surface area (Å²) in [6.07, 6.45) is 0.451. The normalized spacial score (nSPS) is 57.4. The van der Waals surface area contributed by atoms with Crippen molar-refractivity contribution >= 4 is 9.84 Å². The van der Waals surface area contributed by atoms with E-state index in [-0.39, 0.29) is 30.1 Å². The van der Waals surface area contributed by atoms with Crippen LogP contribution in [0.3, 0.4) is 0 Å². The van der Waals surface area contributed by atoms with Crippen LogP contribution < -0.4 is 0 Å². The number of aliphatic hydroxyl groups is 1. The molecule has 0 saturated carbocycles. The number of hydrogen-bond acceptors (Lipinski definition) is 6. The quantitative estimate of drug-likeness (QED) is 0.725. The molecule has 4 rings (SSSR count). The third-order valence-corrected chi connectivity index (χ3v) is 7.29. The van der Waals surface area contributed by atoms with Gasteiger partial charge in [0.05, 0.1) is 41.3 Å². The predicted molar refractivity (Wildman–Crippen MR) is 64.2 cm³/mol. The molecule has 4 fully saturated rings. The number of rotatable bonds is 2. The number of fused-ring (bicyclic) bond motifs is 2. The lowest BCUT2D eigenvalue weighted by Gasteiger charge is -2.49. The van der Waals surface area contributed by atoms with Crippen molar-refractivity contribution in [1.29, 1.82) is 0 Å². The molecule has 1 spiro atoms. The average molecular weight is 290 g/mol. The van der Waals surface area contributed by atoms with Gasteiger partial charge in [0.2, 0.25) is 0 Å². The first-order valence-corrected chi connectivity index (χ1v) is 8.47. The highest BCUT2D eigenvalue weighted by Crippen LogP contribution is 2.67. The molecule has 0 radical (unpaired) electrons. The molecule has 6 nitrogen and oxygen atoms in total. The number of sulfone groups is 1. The van der Waals surface area contributed by atoms with Crippen LogP contribution in [0.5, 0.6) is 0 Å². The molecule has 108 valence electrons. The number of hydrogen-bond donors (Lipinski definition) is 1. The van der Waals surface area contributed by atoms with Gasteiger partial charge in [0.25, 0.3) is 0 Å². The SMILES string of the molecule is CO[C@H]1O[C@@H]2CS(=O)(=O)C[C@]34CC[C@H](O3)[C@H]1[C@]24CO. The fraction of sp³-hybridized carbons (Fsp3) is 1.00. The Kier molecular flexibility index (Phi) is 2.31. The van der Waals surface area contributed by atoms with Crippen LogP contribution in [0.2, 0.25) is 0 Å². The average Bonchev–Trinajstić information content (AvgIpc) is 2.95. The van der Waals surface area contributed by atoms with E-state index >= 15 is 0 Å². The fourth-order valence-electron chi connectivity index (χ4n) is 4.93. The van der Waals surface area contributed by atoms with Gasteiger partial charge in [0.1, 0.15) is 0 Å². The second kappa shape index (κ2) is 3.51. The van der Waals surface area contributed by atoms with Crippen molar-refractivity contribution in [3.05, 3.63) is 0 Å². The largest absolute Gasteiger partial charge is 0.396 e. The molecule has 0 unspecified atom stereocenters. The topological polar surface area (TPSA) is 82.1 Å². The summed E-state index contributed by atoms with van der Waals surface area (Å²) in [5.74, 6) is -0.0947. The van der Waals surface area contributed by atoms with E-state index in [0.717, 1.165) is 6.42 Å². The first-order chi connectivity index (χ1) is 8.98. The van der Waals surface area contributed by atoms with Crippen molar-refractivity contribution in [2.45, 2.75) is 36.9 Å². The third kappa shape index (κ3) is 1.24. The van der Waals surface area contributed by atoms with Crippen LogP contribution in [-0.4, -0.2) is 62.8 Å². The highest BCUT2D eigenvalue weighted by Gasteiger charge is 2.79. The van der Waals surface area contributed by atoms with Crippen LogP contribution in [0.4, 0.5) is 0 Å². The maximum Gasteiger partial charge on any atom is 0.163 e. The van der Waals surface area contributed by atoms with Crippen LogP contribution in [0.1, 0.15) is 12.8 Å². The van der Waals surface area contributed by atoms with Crippen molar-refractivity contribution in [2.24, 2.45) is 11.3 Å². The predicted octanol–water partition coefficient (Wildman–Crippen LogP) is -0.688. The van der Waals surface area contributed by atoms with Gasteiger partial charge in [0, 0.05) is 13.0 Å². The van der Waals surface area contributed by atoms with Gasteiger partial charge in [-0.2, -0.15) is 0 Å². The summed E-state index contributed by atoms with van der Waals surface area (Å²) in [6.45, 7) is -0.103. The molecule has 0 aromatic heterocycles. The van der Waals surface area contributed by atoms with E-state index in [2.05, 4.69) is 0 Å². The van der Waals surface area contributed by atoms with E-state index in [1.807, 2.05) is 0 Å². The van der Waals surface area contributed by atoms with E-state index in [1.165, 1.54) is 0 Å². The van der Waals surface area contributed by atoms with E-state index in [1.54, 1.807) is 7.11 Å². The van der Waals surface area contributed by atoms with Crippen LogP contribution >= 0.6 is 0 Å². The Hall–Kier alpha value is -0.210. The zero-order valence-corrected chi connectivity index (χ0v) is 11.6. The zero-order chi connectivity index (χ0) is 13.5. The van der Waals surface area contributed by atoms with Crippen molar-refractivity contribution in [2.75, 3.05) is 25.2 Å². The van der Waals surface area contributed by atoms with Gasteiger partial charge in [-0.05, 0) is 12.8 Å². The minimum Gasteiger partial charge on any atom is -0.396 e.